The van der Waals surface area contributed by atoms with Crippen molar-refractivity contribution in [2.45, 2.75) is 0 Å². The van der Waals surface area contributed by atoms with E-state index >= 15 is 0 Å². The topological polar surface area (TPSA) is 120 Å². The van der Waals surface area contributed by atoms with Crippen LogP contribution in [0.3, 0.4) is 0 Å². The molecule has 0 aliphatic heterocycles. The van der Waals surface area contributed by atoms with Gasteiger partial charge in [0.05, 0.1) is 17.9 Å². The molecule has 0 rings (SSSR count). The number of halogens is 3. The fraction of sp³-hybridized carbons (Fsp3) is 0. The van der Waals surface area contributed by atoms with Gasteiger partial charge < -0.3 is 29.7 Å². The summed E-state index contributed by atoms with van der Waals surface area (Å²) in [5.41, 5.74) is 0. The van der Waals surface area contributed by atoms with Gasteiger partial charge in [-0.05, 0) is 33.2 Å². The van der Waals surface area contributed by atoms with Gasteiger partial charge in [-0.15, -0.1) is 0 Å². The Hall–Kier alpha value is -0.294. The first-order chi connectivity index (χ1) is 8.31. The van der Waals surface area contributed by atoms with Crippen molar-refractivity contribution in [3.05, 3.63) is 33.2 Å². The minimum Gasteiger partial charge on any atom is -0.545 e. The summed E-state index contributed by atoms with van der Waals surface area (Å²) in [6.45, 7) is 0. The van der Waals surface area contributed by atoms with Crippen LogP contribution in [-0.2, 0) is 14.4 Å². The van der Waals surface area contributed by atoms with Crippen molar-refractivity contribution in [2.75, 3.05) is 0 Å². The van der Waals surface area contributed by atoms with Crippen molar-refractivity contribution in [1.29, 1.82) is 0 Å². The maximum absolute atomic E-state index is 9.37. The van der Waals surface area contributed by atoms with Gasteiger partial charge in [-0.2, -0.15) is 0 Å². The molecule has 6 nitrogen and oxygen atoms in total. The zero-order valence-electron chi connectivity index (χ0n) is 9.12. The van der Waals surface area contributed by atoms with E-state index in [4.69, 9.17) is 0 Å². The van der Waals surface area contributed by atoms with Crippen LogP contribution in [0.1, 0.15) is 0 Å². The van der Waals surface area contributed by atoms with Crippen LogP contribution in [0.2, 0.25) is 0 Å². The van der Waals surface area contributed by atoms with Crippen LogP contribution in [0.25, 0.3) is 0 Å². The molecule has 0 aliphatic rings. The molecule has 0 bridgehead atoms. The minimum atomic E-state index is -1.19. The molecule has 0 amide bonds. The Bertz CT molecular complexity index is 289. The molecule has 0 aromatic heterocycles. The maximum Gasteiger partial charge on any atom is 3.00 e. The number of carboxylic acid groups (broad SMARTS) is 3. The summed E-state index contributed by atoms with van der Waals surface area (Å²) >= 11 is 8.25. The van der Waals surface area contributed by atoms with Crippen molar-refractivity contribution in [3.8, 4) is 0 Å². The van der Waals surface area contributed by atoms with E-state index in [1.165, 1.54) is 15.0 Å². The summed E-state index contributed by atoms with van der Waals surface area (Å²) in [6, 6.07) is 0. The number of carbonyl (C=O) groups is 3. The summed E-state index contributed by atoms with van der Waals surface area (Å²) < 4.78 is 0. The van der Waals surface area contributed by atoms with Crippen LogP contribution in [0, 0.1) is 0 Å². The van der Waals surface area contributed by atoms with E-state index < -0.39 is 17.9 Å². The molecular formula is C9H6Br3GaO6. The number of aliphatic carboxylic acids is 3. The van der Waals surface area contributed by atoms with Crippen LogP contribution in [0.5, 0.6) is 0 Å². The van der Waals surface area contributed by atoms with E-state index in [9.17, 15) is 29.7 Å². The van der Waals surface area contributed by atoms with Gasteiger partial charge in [0.25, 0.3) is 0 Å². The van der Waals surface area contributed by atoms with Crippen LogP contribution >= 0.6 is 47.8 Å². The normalized spacial score (nSPS) is 9.00. The third kappa shape index (κ3) is 57.6. The van der Waals surface area contributed by atoms with Crippen molar-refractivity contribution >= 4 is 85.5 Å². The Kier molecular flexibility index (Phi) is 32.6. The quantitative estimate of drug-likeness (QED) is 0.333. The van der Waals surface area contributed by atoms with E-state index in [0.29, 0.717) is 0 Å². The average molecular weight is 520 g/mol. The predicted octanol–water partition coefficient (Wildman–Crippen LogP) is -1.45. The standard InChI is InChI=1S/3C3H3BrO2.Ga/c3*4-2-1-3(5)6;/h3*1-2H,(H,5,6);/q;;;+3/p-3. The Labute approximate surface area is 147 Å². The van der Waals surface area contributed by atoms with Crippen LogP contribution in [0.15, 0.2) is 33.2 Å². The number of hydrogen-bond acceptors (Lipinski definition) is 6. The summed E-state index contributed by atoms with van der Waals surface area (Å²) in [7, 11) is 0. The molecule has 0 aliphatic carbocycles. The molecular weight excluding hydrogens is 514 g/mol. The summed E-state index contributed by atoms with van der Waals surface area (Å²) in [5.74, 6) is -3.56. The molecule has 0 fully saturated rings. The number of hydrogen-bond donors (Lipinski definition) is 0. The van der Waals surface area contributed by atoms with Gasteiger partial charge >= 0.3 is 19.8 Å². The van der Waals surface area contributed by atoms with E-state index in [1.54, 1.807) is 0 Å². The van der Waals surface area contributed by atoms with Gasteiger partial charge in [0.1, 0.15) is 0 Å². The van der Waals surface area contributed by atoms with Gasteiger partial charge in [-0.1, -0.05) is 47.8 Å². The summed E-state index contributed by atoms with van der Waals surface area (Å²) in [4.78, 5) is 31.8. The van der Waals surface area contributed by atoms with Gasteiger partial charge in [-0.3, -0.25) is 0 Å². The minimum absolute atomic E-state index is 0. The van der Waals surface area contributed by atoms with Gasteiger partial charge in [0, 0.05) is 0 Å². The van der Waals surface area contributed by atoms with Gasteiger partial charge in [-0.25, -0.2) is 0 Å². The van der Waals surface area contributed by atoms with E-state index in [1.807, 2.05) is 0 Å². The molecule has 0 spiro atoms. The second-order valence-corrected chi connectivity index (χ2v) is 3.42. The van der Waals surface area contributed by atoms with E-state index in [2.05, 4.69) is 47.8 Å². The molecule has 0 atom stereocenters. The molecule has 0 N–H and O–H groups in total. The molecule has 10 heteroatoms. The Morgan fingerprint density at radius 2 is 0.789 bits per heavy atom. The molecule has 19 heavy (non-hydrogen) atoms. The second-order valence-electron chi connectivity index (χ2n) is 1.84. The van der Waals surface area contributed by atoms with Gasteiger partial charge in [0.15, 0.2) is 0 Å². The molecule has 102 valence electrons. The molecule has 0 unspecified atom stereocenters. The Balaban J connectivity index is -0.0000000865. The third-order valence-corrected chi connectivity index (χ3v) is 1.39. The Morgan fingerprint density at radius 3 is 0.789 bits per heavy atom. The molecule has 0 saturated carbocycles. The molecule has 0 radical (unpaired) electrons. The molecule has 0 heterocycles. The fourth-order valence-electron chi connectivity index (χ4n) is 0.154. The average Bonchev–Trinajstić information content (AvgIpc) is 2.18. The largest absolute Gasteiger partial charge is 3.00 e. The van der Waals surface area contributed by atoms with Crippen molar-refractivity contribution in [1.82, 2.24) is 0 Å². The smallest absolute Gasteiger partial charge is 0.545 e. The number of rotatable bonds is 3. The molecule has 0 aromatic rings. The first kappa shape index (κ1) is 27.1. The van der Waals surface area contributed by atoms with E-state index in [-0.39, 0.29) is 19.8 Å². The second kappa shape index (κ2) is 22.8. The van der Waals surface area contributed by atoms with Crippen molar-refractivity contribution in [2.24, 2.45) is 0 Å². The zero-order chi connectivity index (χ0) is 15.0. The molecule has 0 saturated heterocycles. The monoisotopic (exact) mass is 516 g/mol. The van der Waals surface area contributed by atoms with Crippen molar-refractivity contribution in [3.63, 3.8) is 0 Å². The fourth-order valence-corrected chi connectivity index (χ4v) is 0.802. The zero-order valence-corrected chi connectivity index (χ0v) is 16.3. The summed E-state index contributed by atoms with van der Waals surface area (Å²) in [6.07, 6.45) is 2.67. The Morgan fingerprint density at radius 1 is 0.632 bits per heavy atom. The summed E-state index contributed by atoms with van der Waals surface area (Å²) in [5, 5.41) is 28.1. The first-order valence-electron chi connectivity index (χ1n) is 3.75. The van der Waals surface area contributed by atoms with E-state index in [0.717, 1.165) is 18.2 Å². The van der Waals surface area contributed by atoms with Crippen molar-refractivity contribution < 1.29 is 29.7 Å². The molecule has 0 aromatic carbocycles. The SMILES string of the molecule is O=C([O-])C=CBr.O=C([O-])C=CBr.O=C([O-])C=CBr.[Ga+3]. The van der Waals surface area contributed by atoms with Gasteiger partial charge in [0.2, 0.25) is 0 Å². The first-order valence-corrected chi connectivity index (χ1v) is 6.49. The predicted molar refractivity (Wildman–Crippen MR) is 75.0 cm³/mol. The van der Waals surface area contributed by atoms with Crippen LogP contribution in [-0.4, -0.2) is 37.7 Å². The van der Waals surface area contributed by atoms with Crippen LogP contribution < -0.4 is 15.3 Å². The number of carboxylic acids is 3. The maximum atomic E-state index is 9.37. The van der Waals surface area contributed by atoms with Crippen LogP contribution in [0.4, 0.5) is 0 Å². The number of carbonyl (C=O) groups excluding carboxylic acids is 3. The third-order valence-electron chi connectivity index (χ3n) is 0.597.